The summed E-state index contributed by atoms with van der Waals surface area (Å²) >= 11 is 0. The van der Waals surface area contributed by atoms with Gasteiger partial charge in [0.25, 0.3) is 0 Å². The summed E-state index contributed by atoms with van der Waals surface area (Å²) in [7, 11) is 0. The number of ether oxygens (including phenoxy) is 1. The number of likely N-dealkylation sites (tertiary alicyclic amines) is 1. The van der Waals surface area contributed by atoms with Crippen molar-refractivity contribution in [3.8, 4) is 0 Å². The summed E-state index contributed by atoms with van der Waals surface area (Å²) < 4.78 is 5.36. The number of fused-ring (bicyclic) bond motifs is 1. The van der Waals surface area contributed by atoms with Crippen molar-refractivity contribution in [2.24, 2.45) is 5.92 Å². The van der Waals surface area contributed by atoms with Crippen LogP contribution >= 0.6 is 0 Å². The van der Waals surface area contributed by atoms with E-state index in [0.29, 0.717) is 6.54 Å². The van der Waals surface area contributed by atoms with Crippen LogP contribution in [-0.4, -0.2) is 58.6 Å². The van der Waals surface area contributed by atoms with E-state index in [1.54, 1.807) is 20.8 Å². The predicted molar refractivity (Wildman–Crippen MR) is 95.7 cm³/mol. The Morgan fingerprint density at radius 2 is 1.88 bits per heavy atom. The fraction of sp³-hybridized carbons (Fsp3) is 0.632. The first-order chi connectivity index (χ1) is 11.7. The van der Waals surface area contributed by atoms with E-state index in [9.17, 15) is 15.0 Å². The van der Waals surface area contributed by atoms with E-state index in [-0.39, 0.29) is 24.9 Å². The van der Waals surface area contributed by atoms with Gasteiger partial charge in [-0.1, -0.05) is 18.2 Å². The van der Waals surface area contributed by atoms with Gasteiger partial charge in [-0.3, -0.25) is 0 Å². The van der Waals surface area contributed by atoms with E-state index in [2.05, 4.69) is 5.32 Å². The van der Waals surface area contributed by atoms with Crippen molar-refractivity contribution in [3.63, 3.8) is 0 Å². The molecule has 3 atom stereocenters. The summed E-state index contributed by atoms with van der Waals surface area (Å²) in [6.45, 7) is 8.48. The van der Waals surface area contributed by atoms with Crippen LogP contribution < -0.4 is 5.32 Å². The Labute approximate surface area is 148 Å². The molecule has 2 heterocycles. The van der Waals surface area contributed by atoms with Crippen molar-refractivity contribution >= 4 is 11.8 Å². The lowest BCUT2D eigenvalue weighted by Crippen LogP contribution is -2.56. The zero-order valence-electron chi connectivity index (χ0n) is 15.3. The Morgan fingerprint density at radius 3 is 2.48 bits per heavy atom. The Hall–Kier alpha value is -1.79. The molecule has 3 unspecified atom stereocenters. The Bertz CT molecular complexity index is 643. The summed E-state index contributed by atoms with van der Waals surface area (Å²) in [5.41, 5.74) is 2.79. The Balaban J connectivity index is 1.75. The van der Waals surface area contributed by atoms with Gasteiger partial charge < -0.3 is 25.2 Å². The average molecular weight is 348 g/mol. The van der Waals surface area contributed by atoms with Crippen LogP contribution in [-0.2, 0) is 4.74 Å². The van der Waals surface area contributed by atoms with Crippen LogP contribution in [0.2, 0.25) is 0 Å². The molecule has 0 saturated carbocycles. The number of benzene rings is 1. The molecule has 1 aromatic carbocycles. The minimum Gasteiger partial charge on any atom is -0.444 e. The average Bonchev–Trinajstić information content (AvgIpc) is 2.90. The molecule has 0 bridgehead atoms. The van der Waals surface area contributed by atoms with Crippen molar-refractivity contribution in [1.82, 2.24) is 4.90 Å². The number of nitrogens with zero attached hydrogens (tertiary/aromatic N) is 1. The monoisotopic (exact) mass is 348 g/mol. The zero-order valence-corrected chi connectivity index (χ0v) is 15.3. The fourth-order valence-corrected chi connectivity index (χ4v) is 3.94. The summed E-state index contributed by atoms with van der Waals surface area (Å²) in [5.74, 6) is -0.282. The number of hydrogen-bond acceptors (Lipinski definition) is 5. The van der Waals surface area contributed by atoms with Gasteiger partial charge in [0.05, 0.1) is 25.3 Å². The number of hydrogen-bond donors (Lipinski definition) is 3. The van der Waals surface area contributed by atoms with Crippen molar-refractivity contribution in [3.05, 3.63) is 29.3 Å². The van der Waals surface area contributed by atoms with Crippen LogP contribution in [0.3, 0.4) is 0 Å². The van der Waals surface area contributed by atoms with E-state index in [4.69, 9.17) is 4.74 Å². The molecule has 2 aliphatic heterocycles. The number of aliphatic hydroxyl groups excluding tert-OH is 2. The second-order valence-corrected chi connectivity index (χ2v) is 8.12. The number of nitrogens with one attached hydrogen (secondary N) is 1. The van der Waals surface area contributed by atoms with Crippen molar-refractivity contribution in [1.29, 1.82) is 0 Å². The summed E-state index contributed by atoms with van der Waals surface area (Å²) in [6, 6.07) is 6.10. The lowest BCUT2D eigenvalue weighted by molar-refractivity contribution is -0.0729. The van der Waals surface area contributed by atoms with Gasteiger partial charge >= 0.3 is 6.09 Å². The lowest BCUT2D eigenvalue weighted by atomic mass is 9.77. The molecule has 1 fully saturated rings. The van der Waals surface area contributed by atoms with Crippen LogP contribution in [0.5, 0.6) is 0 Å². The normalized spacial score (nSPS) is 29.1. The standard InChI is InChI=1S/C19H28N2O4/c1-11-6-5-7-12-13(8-20-17(11)12)16-14(22)9-21(10-15(16)23)18(24)25-19(2,3)4/h5-7,13-16,20,22-23H,8-10H2,1-4H3. The molecular weight excluding hydrogens is 320 g/mol. The maximum absolute atomic E-state index is 12.2. The number of aliphatic hydroxyl groups is 2. The van der Waals surface area contributed by atoms with E-state index in [1.807, 2.05) is 25.1 Å². The molecule has 6 heteroatoms. The predicted octanol–water partition coefficient (Wildman–Crippen LogP) is 2.09. The molecule has 1 saturated heterocycles. The van der Waals surface area contributed by atoms with Crippen LogP contribution in [0.15, 0.2) is 18.2 Å². The number of rotatable bonds is 1. The lowest BCUT2D eigenvalue weighted by Gasteiger charge is -2.42. The molecule has 0 aromatic heterocycles. The van der Waals surface area contributed by atoms with Crippen LogP contribution in [0.1, 0.15) is 37.8 Å². The van der Waals surface area contributed by atoms with Gasteiger partial charge in [-0.2, -0.15) is 0 Å². The second-order valence-electron chi connectivity index (χ2n) is 8.12. The van der Waals surface area contributed by atoms with Gasteiger partial charge in [-0.15, -0.1) is 0 Å². The number of aryl methyl sites for hydroxylation is 1. The van der Waals surface area contributed by atoms with Crippen LogP contribution in [0.4, 0.5) is 10.5 Å². The molecule has 25 heavy (non-hydrogen) atoms. The molecule has 0 radical (unpaired) electrons. The number of piperidine rings is 1. The first-order valence-electron chi connectivity index (χ1n) is 8.85. The van der Waals surface area contributed by atoms with E-state index < -0.39 is 23.9 Å². The molecule has 1 amide bonds. The van der Waals surface area contributed by atoms with Gasteiger partial charge in [-0.05, 0) is 38.8 Å². The molecule has 0 aliphatic carbocycles. The van der Waals surface area contributed by atoms with Crippen LogP contribution in [0, 0.1) is 12.8 Å². The van der Waals surface area contributed by atoms with Crippen molar-refractivity contribution in [2.75, 3.05) is 25.0 Å². The number of carbonyl (C=O) groups excluding carboxylic acids is 1. The minimum atomic E-state index is -0.797. The van der Waals surface area contributed by atoms with Crippen molar-refractivity contribution in [2.45, 2.75) is 51.4 Å². The van der Waals surface area contributed by atoms with Crippen molar-refractivity contribution < 1.29 is 19.7 Å². The van der Waals surface area contributed by atoms with E-state index in [0.717, 1.165) is 16.8 Å². The largest absolute Gasteiger partial charge is 0.444 e. The molecular formula is C19H28N2O4. The van der Waals surface area contributed by atoms with E-state index >= 15 is 0 Å². The van der Waals surface area contributed by atoms with Gasteiger partial charge in [0.15, 0.2) is 0 Å². The van der Waals surface area contributed by atoms with Crippen LogP contribution in [0.25, 0.3) is 0 Å². The van der Waals surface area contributed by atoms with Gasteiger partial charge in [0, 0.05) is 24.1 Å². The van der Waals surface area contributed by atoms with Gasteiger partial charge in [0.1, 0.15) is 5.60 Å². The van der Waals surface area contributed by atoms with E-state index in [1.165, 1.54) is 4.90 Å². The molecule has 6 nitrogen and oxygen atoms in total. The summed E-state index contributed by atoms with van der Waals surface area (Å²) in [4.78, 5) is 13.6. The fourth-order valence-electron chi connectivity index (χ4n) is 3.94. The molecule has 3 N–H and O–H groups in total. The topological polar surface area (TPSA) is 82.0 Å². The third kappa shape index (κ3) is 3.60. The highest BCUT2D eigenvalue weighted by Gasteiger charge is 2.44. The first-order valence-corrected chi connectivity index (χ1v) is 8.85. The SMILES string of the molecule is Cc1cccc2c1NCC2C1C(O)CN(C(=O)OC(C)(C)C)CC1O. The number of carbonyl (C=O) groups is 1. The highest BCUT2D eigenvalue weighted by molar-refractivity contribution is 5.68. The number of anilines is 1. The Kier molecular flexibility index (Phi) is 4.68. The highest BCUT2D eigenvalue weighted by Crippen LogP contribution is 2.42. The van der Waals surface area contributed by atoms with Gasteiger partial charge in [-0.25, -0.2) is 4.79 Å². The second kappa shape index (κ2) is 6.50. The summed E-state index contributed by atoms with van der Waals surface area (Å²) in [6.07, 6.45) is -2.09. The Morgan fingerprint density at radius 1 is 1.24 bits per heavy atom. The molecule has 0 spiro atoms. The molecule has 2 aliphatic rings. The number of β-amino-alcohol motifs (C(OH)–C–C–N with tert-alkyl or cyclic N) is 2. The minimum absolute atomic E-state index is 0.0284. The molecule has 3 rings (SSSR count). The molecule has 138 valence electrons. The maximum Gasteiger partial charge on any atom is 0.410 e. The maximum atomic E-state index is 12.2. The third-order valence-corrected chi connectivity index (χ3v) is 5.02. The third-order valence-electron chi connectivity index (χ3n) is 5.02. The molecule has 1 aromatic rings. The number of amides is 1. The smallest absolute Gasteiger partial charge is 0.410 e. The zero-order chi connectivity index (χ0) is 18.4. The number of para-hydroxylation sites is 1. The quantitative estimate of drug-likeness (QED) is 0.724. The highest BCUT2D eigenvalue weighted by atomic mass is 16.6. The first kappa shape index (κ1) is 18.0. The summed E-state index contributed by atoms with van der Waals surface area (Å²) in [5, 5.41) is 24.7. The van der Waals surface area contributed by atoms with Gasteiger partial charge in [0.2, 0.25) is 0 Å².